The quantitative estimate of drug-likeness (QED) is 0.604. The van der Waals surface area contributed by atoms with E-state index in [1.54, 1.807) is 29.2 Å². The van der Waals surface area contributed by atoms with Gasteiger partial charge >= 0.3 is 0 Å². The molecule has 2 amide bonds. The molecular weight excluding hydrogens is 366 g/mol. The predicted molar refractivity (Wildman–Crippen MR) is 102 cm³/mol. The van der Waals surface area contributed by atoms with Gasteiger partial charge in [-0.1, -0.05) is 29.5 Å². The number of nitrogens with zero attached hydrogens (tertiary/aromatic N) is 2. The number of carbonyl (C=O) groups excluding carboxylic acids is 2. The molecule has 3 N–H and O–H groups in total. The second-order valence-electron chi connectivity index (χ2n) is 6.34. The van der Waals surface area contributed by atoms with E-state index >= 15 is 0 Å². The summed E-state index contributed by atoms with van der Waals surface area (Å²) in [7, 11) is 0. The van der Waals surface area contributed by atoms with Gasteiger partial charge in [-0.2, -0.15) is 0 Å². The van der Waals surface area contributed by atoms with Crippen LogP contribution in [0, 0.1) is 0 Å². The van der Waals surface area contributed by atoms with E-state index in [9.17, 15) is 19.8 Å². The van der Waals surface area contributed by atoms with Gasteiger partial charge in [-0.25, -0.2) is 4.98 Å². The molecule has 0 bridgehead atoms. The Kier molecular flexibility index (Phi) is 4.41. The predicted octanol–water partition coefficient (Wildman–Crippen LogP) is 2.95. The number of likely N-dealkylation sites (tertiary alicyclic amines) is 1. The maximum Gasteiger partial charge on any atom is 0.254 e. The zero-order chi connectivity index (χ0) is 19.0. The Balaban J connectivity index is 1.53. The first-order chi connectivity index (χ1) is 13.0. The van der Waals surface area contributed by atoms with Crippen LogP contribution in [0.15, 0.2) is 42.5 Å². The van der Waals surface area contributed by atoms with Gasteiger partial charge in [0.1, 0.15) is 6.04 Å². The fraction of sp³-hybridized carbons (Fsp3) is 0.211. The van der Waals surface area contributed by atoms with E-state index in [4.69, 9.17) is 0 Å². The van der Waals surface area contributed by atoms with Crippen molar-refractivity contribution in [3.8, 4) is 11.5 Å². The van der Waals surface area contributed by atoms with Gasteiger partial charge in [0.2, 0.25) is 5.91 Å². The van der Waals surface area contributed by atoms with Crippen molar-refractivity contribution in [2.75, 3.05) is 11.9 Å². The molecule has 1 fully saturated rings. The number of anilines is 1. The molecule has 27 heavy (non-hydrogen) atoms. The number of thiazole rings is 1. The van der Waals surface area contributed by atoms with Crippen LogP contribution in [0.4, 0.5) is 5.13 Å². The number of aromatic nitrogens is 1. The number of carbonyl (C=O) groups is 2. The summed E-state index contributed by atoms with van der Waals surface area (Å²) in [5.74, 6) is -0.947. The van der Waals surface area contributed by atoms with Gasteiger partial charge in [-0.3, -0.25) is 9.59 Å². The second-order valence-corrected chi connectivity index (χ2v) is 7.37. The number of fused-ring (bicyclic) bond motifs is 1. The van der Waals surface area contributed by atoms with E-state index in [1.165, 1.54) is 23.5 Å². The van der Waals surface area contributed by atoms with Crippen LogP contribution < -0.4 is 5.32 Å². The number of amides is 2. The average molecular weight is 383 g/mol. The van der Waals surface area contributed by atoms with Crippen LogP contribution in [0.3, 0.4) is 0 Å². The van der Waals surface area contributed by atoms with Gasteiger partial charge in [-0.15, -0.1) is 0 Å². The zero-order valence-corrected chi connectivity index (χ0v) is 15.1. The largest absolute Gasteiger partial charge is 0.504 e. The lowest BCUT2D eigenvalue weighted by Gasteiger charge is -2.23. The molecule has 0 radical (unpaired) electrons. The van der Waals surface area contributed by atoms with Gasteiger partial charge in [0.25, 0.3) is 5.91 Å². The van der Waals surface area contributed by atoms with Gasteiger partial charge in [0.05, 0.1) is 10.2 Å². The van der Waals surface area contributed by atoms with E-state index in [-0.39, 0.29) is 23.3 Å². The zero-order valence-electron chi connectivity index (χ0n) is 14.3. The molecule has 8 heteroatoms. The number of phenols is 2. The van der Waals surface area contributed by atoms with Crippen molar-refractivity contribution in [1.82, 2.24) is 9.88 Å². The standard InChI is InChI=1S/C19H17N3O4S/c23-14-9-12-16(10-15(14)24)27-19(20-12)21-17(25)13-7-4-8-22(13)18(26)11-5-2-1-3-6-11/h1-3,5-6,9-10,13,23-24H,4,7-8H2,(H,20,21,25)/t13-/m1/s1. The molecule has 1 aliphatic heterocycles. The van der Waals surface area contributed by atoms with Crippen LogP contribution in [0.1, 0.15) is 23.2 Å². The number of phenolic OH excluding ortho intramolecular Hbond substituents is 2. The Hall–Kier alpha value is -3.13. The number of hydrogen-bond acceptors (Lipinski definition) is 6. The molecule has 138 valence electrons. The molecule has 1 aliphatic rings. The minimum atomic E-state index is -0.550. The molecular formula is C19H17N3O4S. The fourth-order valence-corrected chi connectivity index (χ4v) is 4.11. The number of rotatable bonds is 3. The van der Waals surface area contributed by atoms with Gasteiger partial charge < -0.3 is 20.4 Å². The summed E-state index contributed by atoms with van der Waals surface area (Å²) in [6.07, 6.45) is 1.36. The summed E-state index contributed by atoms with van der Waals surface area (Å²) in [6.45, 7) is 0.535. The van der Waals surface area contributed by atoms with Crippen molar-refractivity contribution in [2.24, 2.45) is 0 Å². The van der Waals surface area contributed by atoms with Crippen molar-refractivity contribution in [3.63, 3.8) is 0 Å². The Labute approximate surface area is 158 Å². The van der Waals surface area contributed by atoms with Crippen molar-refractivity contribution in [2.45, 2.75) is 18.9 Å². The van der Waals surface area contributed by atoms with Crippen LogP contribution in [-0.4, -0.2) is 44.5 Å². The number of nitrogens with one attached hydrogen (secondary N) is 1. The van der Waals surface area contributed by atoms with Crippen LogP contribution in [0.25, 0.3) is 10.2 Å². The highest BCUT2D eigenvalue weighted by Gasteiger charge is 2.34. The highest BCUT2D eigenvalue weighted by Crippen LogP contribution is 2.35. The van der Waals surface area contributed by atoms with Crippen molar-refractivity contribution in [3.05, 3.63) is 48.0 Å². The van der Waals surface area contributed by atoms with Crippen molar-refractivity contribution >= 4 is 38.5 Å². The SMILES string of the molecule is O=C(Nc1nc2cc(O)c(O)cc2s1)[C@H]1CCCN1C(=O)c1ccccc1. The molecule has 0 unspecified atom stereocenters. The Morgan fingerprint density at radius 2 is 1.89 bits per heavy atom. The number of hydrogen-bond donors (Lipinski definition) is 3. The number of aromatic hydroxyl groups is 2. The van der Waals surface area contributed by atoms with Gasteiger partial charge in [0.15, 0.2) is 16.6 Å². The summed E-state index contributed by atoms with van der Waals surface area (Å²) in [5.41, 5.74) is 1.04. The minimum absolute atomic E-state index is 0.160. The molecule has 0 saturated carbocycles. The molecule has 2 aromatic carbocycles. The van der Waals surface area contributed by atoms with E-state index in [1.807, 2.05) is 6.07 Å². The van der Waals surface area contributed by atoms with E-state index < -0.39 is 6.04 Å². The highest BCUT2D eigenvalue weighted by atomic mass is 32.1. The summed E-state index contributed by atoms with van der Waals surface area (Å²) >= 11 is 1.20. The van der Waals surface area contributed by atoms with Gasteiger partial charge in [0, 0.05) is 24.2 Å². The monoisotopic (exact) mass is 383 g/mol. The third-order valence-corrected chi connectivity index (χ3v) is 5.49. The molecule has 3 aromatic rings. The lowest BCUT2D eigenvalue weighted by Crippen LogP contribution is -2.43. The molecule has 0 aliphatic carbocycles. The topological polar surface area (TPSA) is 103 Å². The Morgan fingerprint density at radius 1 is 1.15 bits per heavy atom. The Bertz CT molecular complexity index is 979. The van der Waals surface area contributed by atoms with Crippen LogP contribution in [-0.2, 0) is 4.79 Å². The summed E-state index contributed by atoms with van der Waals surface area (Å²) < 4.78 is 0.643. The first-order valence-electron chi connectivity index (χ1n) is 8.52. The van der Waals surface area contributed by atoms with Gasteiger partial charge in [-0.05, 0) is 25.0 Å². The maximum atomic E-state index is 12.7. The molecule has 0 spiro atoms. The van der Waals surface area contributed by atoms with Crippen LogP contribution in [0.2, 0.25) is 0 Å². The van der Waals surface area contributed by atoms with E-state index in [0.717, 1.165) is 6.42 Å². The van der Waals surface area contributed by atoms with Crippen molar-refractivity contribution in [1.29, 1.82) is 0 Å². The summed E-state index contributed by atoms with van der Waals surface area (Å²) in [6, 6.07) is 11.1. The van der Waals surface area contributed by atoms with Crippen LogP contribution in [0.5, 0.6) is 11.5 Å². The Morgan fingerprint density at radius 3 is 2.67 bits per heavy atom. The second kappa shape index (κ2) is 6.88. The fourth-order valence-electron chi connectivity index (χ4n) is 3.22. The van der Waals surface area contributed by atoms with Crippen molar-refractivity contribution < 1.29 is 19.8 Å². The normalized spacial score (nSPS) is 16.6. The molecule has 1 atom stereocenters. The van der Waals surface area contributed by atoms with E-state index in [2.05, 4.69) is 10.3 Å². The van der Waals surface area contributed by atoms with E-state index in [0.29, 0.717) is 33.9 Å². The molecule has 2 heterocycles. The lowest BCUT2D eigenvalue weighted by molar-refractivity contribution is -0.119. The molecule has 1 aromatic heterocycles. The first-order valence-corrected chi connectivity index (χ1v) is 9.34. The molecule has 4 rings (SSSR count). The molecule has 7 nitrogen and oxygen atoms in total. The smallest absolute Gasteiger partial charge is 0.254 e. The highest BCUT2D eigenvalue weighted by molar-refractivity contribution is 7.22. The maximum absolute atomic E-state index is 12.7. The third-order valence-electron chi connectivity index (χ3n) is 4.55. The average Bonchev–Trinajstić information content (AvgIpc) is 3.29. The summed E-state index contributed by atoms with van der Waals surface area (Å²) in [4.78, 5) is 31.3. The third kappa shape index (κ3) is 3.31. The first kappa shape index (κ1) is 17.3. The van der Waals surface area contributed by atoms with Crippen LogP contribution >= 0.6 is 11.3 Å². The number of benzene rings is 2. The summed E-state index contributed by atoms with van der Waals surface area (Å²) in [5, 5.41) is 22.3. The lowest BCUT2D eigenvalue weighted by atomic mass is 10.1. The molecule has 1 saturated heterocycles. The minimum Gasteiger partial charge on any atom is -0.504 e.